The highest BCUT2D eigenvalue weighted by Crippen LogP contribution is 2.32. The largest absolute Gasteiger partial charge is 0.490 e. The minimum Gasteiger partial charge on any atom is -0.490 e. The van der Waals surface area contributed by atoms with Crippen LogP contribution in [-0.2, 0) is 0 Å². The van der Waals surface area contributed by atoms with Crippen LogP contribution in [0.25, 0.3) is 0 Å². The van der Waals surface area contributed by atoms with Crippen molar-refractivity contribution in [3.05, 3.63) is 23.5 Å². The van der Waals surface area contributed by atoms with Crippen molar-refractivity contribution in [3.63, 3.8) is 0 Å². The summed E-state index contributed by atoms with van der Waals surface area (Å²) in [4.78, 5) is 3.90. The van der Waals surface area contributed by atoms with Gasteiger partial charge in [-0.05, 0) is 25.0 Å². The van der Waals surface area contributed by atoms with E-state index in [0.29, 0.717) is 11.8 Å². The zero-order valence-electron chi connectivity index (χ0n) is 7.16. The van der Waals surface area contributed by atoms with Gasteiger partial charge in [-0.1, -0.05) is 11.6 Å². The van der Waals surface area contributed by atoms with Crippen molar-refractivity contribution in [2.45, 2.75) is 18.4 Å². The molecule has 2 rings (SSSR count). The summed E-state index contributed by atoms with van der Waals surface area (Å²) in [5.41, 5.74) is 5.77. The number of hydrogen-bond donors (Lipinski definition) is 1. The lowest BCUT2D eigenvalue weighted by Crippen LogP contribution is -2.29. The number of nitrogens with two attached hydrogens (primary N) is 1. The number of ether oxygens (including phenoxy) is 1. The van der Waals surface area contributed by atoms with Crippen LogP contribution in [0.4, 0.5) is 0 Å². The molecule has 0 saturated heterocycles. The monoisotopic (exact) mass is 198 g/mol. The van der Waals surface area contributed by atoms with E-state index in [0.717, 1.165) is 18.6 Å². The summed E-state index contributed by atoms with van der Waals surface area (Å²) < 4.78 is 5.44. The topological polar surface area (TPSA) is 48.1 Å². The van der Waals surface area contributed by atoms with Crippen molar-refractivity contribution in [1.29, 1.82) is 0 Å². The van der Waals surface area contributed by atoms with E-state index in [9.17, 15) is 0 Å². The number of halogens is 1. The first-order valence-electron chi connectivity index (χ1n) is 4.21. The van der Waals surface area contributed by atoms with Gasteiger partial charge in [-0.3, -0.25) is 0 Å². The summed E-state index contributed by atoms with van der Waals surface area (Å²) in [5, 5.41) is 0.473. The quantitative estimate of drug-likeness (QED) is 0.751. The molecular formula is C9H11ClN2O. The summed E-state index contributed by atoms with van der Waals surface area (Å²) in [6, 6.07) is 3.49. The van der Waals surface area contributed by atoms with E-state index in [-0.39, 0.29) is 5.54 Å². The zero-order chi connectivity index (χ0) is 9.31. The highest BCUT2D eigenvalue weighted by atomic mass is 35.5. The third-order valence-corrected chi connectivity index (χ3v) is 2.34. The van der Waals surface area contributed by atoms with E-state index >= 15 is 0 Å². The molecule has 4 heteroatoms. The van der Waals surface area contributed by atoms with Crippen LogP contribution in [0.15, 0.2) is 18.3 Å². The van der Waals surface area contributed by atoms with Crippen molar-refractivity contribution in [1.82, 2.24) is 4.98 Å². The summed E-state index contributed by atoms with van der Waals surface area (Å²) in [6.07, 6.45) is 3.70. The molecule has 3 nitrogen and oxygen atoms in total. The smallest absolute Gasteiger partial charge is 0.137 e. The van der Waals surface area contributed by atoms with Gasteiger partial charge in [0.2, 0.25) is 0 Å². The number of rotatable bonds is 3. The van der Waals surface area contributed by atoms with Gasteiger partial charge in [-0.2, -0.15) is 0 Å². The van der Waals surface area contributed by atoms with Crippen molar-refractivity contribution in [2.24, 2.45) is 5.73 Å². The van der Waals surface area contributed by atoms with Crippen LogP contribution in [-0.4, -0.2) is 17.1 Å². The minimum absolute atomic E-state index is 0.0837. The van der Waals surface area contributed by atoms with Crippen molar-refractivity contribution in [2.75, 3.05) is 6.61 Å². The molecule has 2 N–H and O–H groups in total. The molecule has 1 aliphatic rings. The molecule has 1 saturated carbocycles. The number of aromatic nitrogens is 1. The Morgan fingerprint density at radius 3 is 2.85 bits per heavy atom. The third kappa shape index (κ3) is 2.32. The molecule has 0 spiro atoms. The summed E-state index contributed by atoms with van der Waals surface area (Å²) in [7, 11) is 0. The van der Waals surface area contributed by atoms with E-state index < -0.39 is 0 Å². The Morgan fingerprint density at radius 2 is 2.31 bits per heavy atom. The number of nitrogens with zero attached hydrogens (tertiary/aromatic N) is 1. The molecule has 0 bridgehead atoms. The lowest BCUT2D eigenvalue weighted by atomic mass is 10.3. The van der Waals surface area contributed by atoms with Gasteiger partial charge in [-0.25, -0.2) is 4.98 Å². The van der Waals surface area contributed by atoms with Crippen LogP contribution in [0.5, 0.6) is 5.75 Å². The van der Waals surface area contributed by atoms with Crippen LogP contribution in [0.3, 0.4) is 0 Å². The lowest BCUT2D eigenvalue weighted by molar-refractivity contribution is 0.278. The molecule has 0 radical (unpaired) electrons. The first kappa shape index (κ1) is 8.78. The maximum atomic E-state index is 5.85. The second-order valence-electron chi connectivity index (χ2n) is 3.47. The van der Waals surface area contributed by atoms with E-state index in [1.165, 1.54) is 0 Å². The lowest BCUT2D eigenvalue weighted by Gasteiger charge is -2.10. The Morgan fingerprint density at radius 1 is 1.54 bits per heavy atom. The van der Waals surface area contributed by atoms with Gasteiger partial charge >= 0.3 is 0 Å². The first-order valence-corrected chi connectivity index (χ1v) is 4.59. The van der Waals surface area contributed by atoms with Gasteiger partial charge in [0, 0.05) is 0 Å². The summed E-state index contributed by atoms with van der Waals surface area (Å²) in [6.45, 7) is 0.566. The van der Waals surface area contributed by atoms with E-state index in [1.807, 2.05) is 0 Å². The highest BCUT2D eigenvalue weighted by Gasteiger charge is 2.39. The van der Waals surface area contributed by atoms with Crippen molar-refractivity contribution in [3.8, 4) is 5.75 Å². The molecule has 0 atom stereocenters. The first-order chi connectivity index (χ1) is 6.18. The molecular weight excluding hydrogens is 188 g/mol. The van der Waals surface area contributed by atoms with Gasteiger partial charge in [0.05, 0.1) is 11.7 Å². The average Bonchev–Trinajstić information content (AvgIpc) is 2.84. The second-order valence-corrected chi connectivity index (χ2v) is 3.85. The number of pyridine rings is 1. The predicted molar refractivity (Wildman–Crippen MR) is 50.9 cm³/mol. The van der Waals surface area contributed by atoms with Gasteiger partial charge in [-0.15, -0.1) is 0 Å². The van der Waals surface area contributed by atoms with E-state index in [1.54, 1.807) is 18.3 Å². The molecule has 0 unspecified atom stereocenters. The fourth-order valence-corrected chi connectivity index (χ4v) is 1.09. The molecule has 1 aromatic heterocycles. The molecule has 0 amide bonds. The Labute approximate surface area is 81.9 Å². The highest BCUT2D eigenvalue weighted by molar-refractivity contribution is 6.29. The van der Waals surface area contributed by atoms with E-state index in [4.69, 9.17) is 22.1 Å². The summed E-state index contributed by atoms with van der Waals surface area (Å²) >= 11 is 5.62. The molecule has 0 aliphatic heterocycles. The molecule has 1 fully saturated rings. The molecule has 1 aliphatic carbocycles. The standard InChI is InChI=1S/C9H11ClN2O/c10-8-2-1-7(5-12-8)13-6-9(11)3-4-9/h1-2,5H,3-4,6,11H2. The van der Waals surface area contributed by atoms with Crippen LogP contribution in [0.1, 0.15) is 12.8 Å². The molecule has 13 heavy (non-hydrogen) atoms. The molecule has 0 aromatic carbocycles. The SMILES string of the molecule is NC1(COc2ccc(Cl)nc2)CC1. The maximum Gasteiger partial charge on any atom is 0.137 e. The van der Waals surface area contributed by atoms with Gasteiger partial charge in [0.25, 0.3) is 0 Å². The molecule has 70 valence electrons. The zero-order valence-corrected chi connectivity index (χ0v) is 7.92. The van der Waals surface area contributed by atoms with Crippen molar-refractivity contribution >= 4 is 11.6 Å². The third-order valence-electron chi connectivity index (χ3n) is 2.12. The van der Waals surface area contributed by atoms with Crippen molar-refractivity contribution < 1.29 is 4.74 Å². The normalized spacial score (nSPS) is 18.3. The summed E-state index contributed by atoms with van der Waals surface area (Å²) in [5.74, 6) is 0.723. The Kier molecular flexibility index (Phi) is 2.14. The average molecular weight is 199 g/mol. The second kappa shape index (κ2) is 3.16. The fraction of sp³-hybridized carbons (Fsp3) is 0.444. The van der Waals surface area contributed by atoms with Crippen LogP contribution >= 0.6 is 11.6 Å². The van der Waals surface area contributed by atoms with Crippen LogP contribution in [0, 0.1) is 0 Å². The van der Waals surface area contributed by atoms with E-state index in [2.05, 4.69) is 4.98 Å². The van der Waals surface area contributed by atoms with Gasteiger partial charge in [0.15, 0.2) is 0 Å². The molecule has 1 aromatic rings. The maximum absolute atomic E-state index is 5.85. The van der Waals surface area contributed by atoms with Gasteiger partial charge in [0.1, 0.15) is 17.5 Å². The predicted octanol–water partition coefficient (Wildman–Crippen LogP) is 1.61. The minimum atomic E-state index is -0.0837. The Bertz CT molecular complexity index is 295. The molecule has 1 heterocycles. The van der Waals surface area contributed by atoms with Crippen LogP contribution in [0.2, 0.25) is 5.15 Å². The number of hydrogen-bond acceptors (Lipinski definition) is 3. The fourth-order valence-electron chi connectivity index (χ4n) is 0.980. The Hall–Kier alpha value is -0.800. The Balaban J connectivity index is 1.91. The van der Waals surface area contributed by atoms with Crippen LogP contribution < -0.4 is 10.5 Å². The van der Waals surface area contributed by atoms with Gasteiger partial charge < -0.3 is 10.5 Å².